The summed E-state index contributed by atoms with van der Waals surface area (Å²) < 4.78 is 5.39. The number of likely N-dealkylation sites (N-methyl/N-ethyl adjacent to an activating group) is 1. The minimum Gasteiger partial charge on any atom is -0.497 e. The molecule has 0 radical (unpaired) electrons. The number of benzene rings is 1. The topological polar surface area (TPSA) is 24.5 Å². The Morgan fingerprint density at radius 1 is 1.37 bits per heavy atom. The molecular weight excluding hydrogens is 236 g/mol. The van der Waals surface area contributed by atoms with Gasteiger partial charge in [0.05, 0.1) is 7.11 Å². The van der Waals surface area contributed by atoms with Gasteiger partial charge >= 0.3 is 0 Å². The quantitative estimate of drug-likeness (QED) is 0.883. The molecule has 0 aliphatic heterocycles. The largest absolute Gasteiger partial charge is 0.497 e. The Hall–Kier alpha value is -1.06. The smallest absolute Gasteiger partial charge is 0.119 e. The predicted molar refractivity (Wildman–Crippen MR) is 79.8 cm³/mol. The number of methoxy groups -OCH3 is 1. The third kappa shape index (κ3) is 3.10. The molecule has 19 heavy (non-hydrogen) atoms. The highest BCUT2D eigenvalue weighted by atomic mass is 16.5. The molecule has 2 unspecified atom stereocenters. The number of fused-ring (bicyclic) bond motifs is 1. The lowest BCUT2D eigenvalue weighted by atomic mass is 9.83. The van der Waals surface area contributed by atoms with Crippen molar-refractivity contribution in [1.82, 2.24) is 10.2 Å². The van der Waals surface area contributed by atoms with Crippen molar-refractivity contribution in [2.75, 3.05) is 27.7 Å². The van der Waals surface area contributed by atoms with Crippen molar-refractivity contribution in [1.29, 1.82) is 0 Å². The second-order valence-corrected chi connectivity index (χ2v) is 5.57. The standard InChI is InChI=1S/C16H26N2O/c1-5-10-17-16-14-11-13(19-4)8-6-12(14)7-9-15(16)18(2)3/h6,8,11,15-17H,5,7,9-10H2,1-4H3. The fraction of sp³-hybridized carbons (Fsp3) is 0.625. The van der Waals surface area contributed by atoms with E-state index >= 15 is 0 Å². The summed E-state index contributed by atoms with van der Waals surface area (Å²) in [6.07, 6.45) is 3.54. The maximum atomic E-state index is 5.39. The maximum Gasteiger partial charge on any atom is 0.119 e. The van der Waals surface area contributed by atoms with Gasteiger partial charge in [0.2, 0.25) is 0 Å². The summed E-state index contributed by atoms with van der Waals surface area (Å²) in [5, 5.41) is 3.71. The van der Waals surface area contributed by atoms with Crippen LogP contribution >= 0.6 is 0 Å². The molecule has 0 fully saturated rings. The molecule has 3 heteroatoms. The second-order valence-electron chi connectivity index (χ2n) is 5.57. The van der Waals surface area contributed by atoms with Gasteiger partial charge in [0.15, 0.2) is 0 Å². The van der Waals surface area contributed by atoms with Crippen LogP contribution in [0.3, 0.4) is 0 Å². The van der Waals surface area contributed by atoms with Crippen LogP contribution in [0.5, 0.6) is 5.75 Å². The molecule has 0 heterocycles. The Morgan fingerprint density at radius 3 is 2.79 bits per heavy atom. The highest BCUT2D eigenvalue weighted by Gasteiger charge is 2.30. The molecule has 0 spiro atoms. The summed E-state index contributed by atoms with van der Waals surface area (Å²) in [6.45, 7) is 3.28. The Labute approximate surface area is 116 Å². The molecule has 0 saturated carbocycles. The third-order valence-corrected chi connectivity index (χ3v) is 4.06. The molecule has 1 aromatic carbocycles. The van der Waals surface area contributed by atoms with E-state index in [1.165, 1.54) is 17.5 Å². The first-order chi connectivity index (χ1) is 9.17. The van der Waals surface area contributed by atoms with Gasteiger partial charge in [-0.1, -0.05) is 13.0 Å². The van der Waals surface area contributed by atoms with Gasteiger partial charge in [0.25, 0.3) is 0 Å². The zero-order valence-electron chi connectivity index (χ0n) is 12.6. The van der Waals surface area contributed by atoms with Crippen molar-refractivity contribution in [3.8, 4) is 5.75 Å². The Kier molecular flexibility index (Phi) is 4.83. The van der Waals surface area contributed by atoms with Gasteiger partial charge < -0.3 is 15.0 Å². The van der Waals surface area contributed by atoms with Crippen LogP contribution in [-0.2, 0) is 6.42 Å². The monoisotopic (exact) mass is 262 g/mol. The van der Waals surface area contributed by atoms with E-state index in [9.17, 15) is 0 Å². The van der Waals surface area contributed by atoms with E-state index in [1.54, 1.807) is 7.11 Å². The fourth-order valence-electron chi connectivity index (χ4n) is 3.00. The van der Waals surface area contributed by atoms with Crippen molar-refractivity contribution in [2.24, 2.45) is 0 Å². The number of ether oxygens (including phenoxy) is 1. The van der Waals surface area contributed by atoms with Crippen molar-refractivity contribution in [2.45, 2.75) is 38.3 Å². The van der Waals surface area contributed by atoms with Gasteiger partial charge in [-0.3, -0.25) is 0 Å². The molecule has 0 amide bonds. The average Bonchev–Trinajstić information content (AvgIpc) is 2.43. The van der Waals surface area contributed by atoms with Gasteiger partial charge in [-0.05, 0) is 63.2 Å². The second kappa shape index (κ2) is 6.40. The van der Waals surface area contributed by atoms with Crippen LogP contribution in [0.25, 0.3) is 0 Å². The molecule has 3 nitrogen and oxygen atoms in total. The van der Waals surface area contributed by atoms with Gasteiger partial charge in [-0.2, -0.15) is 0 Å². The lowest BCUT2D eigenvalue weighted by Gasteiger charge is -2.38. The van der Waals surface area contributed by atoms with E-state index in [0.29, 0.717) is 12.1 Å². The van der Waals surface area contributed by atoms with Gasteiger partial charge in [-0.15, -0.1) is 0 Å². The van der Waals surface area contributed by atoms with Gasteiger partial charge in [0.1, 0.15) is 5.75 Å². The summed E-state index contributed by atoms with van der Waals surface area (Å²) >= 11 is 0. The van der Waals surface area contributed by atoms with Crippen LogP contribution in [0, 0.1) is 0 Å². The number of nitrogens with one attached hydrogen (secondary N) is 1. The highest BCUT2D eigenvalue weighted by Crippen LogP contribution is 2.34. The average molecular weight is 262 g/mol. The van der Waals surface area contributed by atoms with Crippen LogP contribution in [0.15, 0.2) is 18.2 Å². The van der Waals surface area contributed by atoms with Crippen LogP contribution in [0.2, 0.25) is 0 Å². The van der Waals surface area contributed by atoms with Gasteiger partial charge in [0, 0.05) is 12.1 Å². The Bertz CT molecular complexity index is 417. The summed E-state index contributed by atoms with van der Waals surface area (Å²) in [5.74, 6) is 0.960. The lowest BCUT2D eigenvalue weighted by Crippen LogP contribution is -2.44. The number of hydrogen-bond acceptors (Lipinski definition) is 3. The molecule has 0 bridgehead atoms. The summed E-state index contributed by atoms with van der Waals surface area (Å²) in [4.78, 5) is 2.34. The molecule has 0 saturated heterocycles. The molecule has 1 aromatic rings. The molecule has 1 aliphatic rings. The molecule has 1 aliphatic carbocycles. The number of rotatable bonds is 5. The van der Waals surface area contributed by atoms with Crippen LogP contribution < -0.4 is 10.1 Å². The van der Waals surface area contributed by atoms with Crippen LogP contribution in [0.1, 0.15) is 36.9 Å². The first-order valence-corrected chi connectivity index (χ1v) is 7.24. The van der Waals surface area contributed by atoms with E-state index in [4.69, 9.17) is 4.74 Å². The third-order valence-electron chi connectivity index (χ3n) is 4.06. The zero-order valence-corrected chi connectivity index (χ0v) is 12.6. The molecule has 2 rings (SSSR count). The van der Waals surface area contributed by atoms with Crippen LogP contribution in [0.4, 0.5) is 0 Å². The molecular formula is C16H26N2O. The number of nitrogens with zero attached hydrogens (tertiary/aromatic N) is 1. The zero-order chi connectivity index (χ0) is 13.8. The number of hydrogen-bond donors (Lipinski definition) is 1. The number of aryl methyl sites for hydroxylation is 1. The Balaban J connectivity index is 2.32. The van der Waals surface area contributed by atoms with Crippen molar-refractivity contribution in [3.63, 3.8) is 0 Å². The SMILES string of the molecule is CCCNC1c2cc(OC)ccc2CCC1N(C)C. The van der Waals surface area contributed by atoms with E-state index in [-0.39, 0.29) is 0 Å². The minimum absolute atomic E-state index is 0.411. The summed E-state index contributed by atoms with van der Waals surface area (Å²) in [5.41, 5.74) is 2.88. The van der Waals surface area contributed by atoms with Crippen LogP contribution in [-0.4, -0.2) is 38.7 Å². The normalized spacial score (nSPS) is 22.4. The van der Waals surface area contributed by atoms with Crippen molar-refractivity contribution >= 4 is 0 Å². The summed E-state index contributed by atoms with van der Waals surface area (Å²) in [7, 11) is 6.09. The highest BCUT2D eigenvalue weighted by molar-refractivity contribution is 5.40. The molecule has 0 aromatic heterocycles. The molecule has 1 N–H and O–H groups in total. The van der Waals surface area contributed by atoms with Crippen molar-refractivity contribution in [3.05, 3.63) is 29.3 Å². The van der Waals surface area contributed by atoms with Crippen molar-refractivity contribution < 1.29 is 4.74 Å². The predicted octanol–water partition coefficient (Wildman–Crippen LogP) is 2.61. The van der Waals surface area contributed by atoms with E-state index in [2.05, 4.69) is 49.4 Å². The van der Waals surface area contributed by atoms with E-state index in [0.717, 1.165) is 25.1 Å². The van der Waals surface area contributed by atoms with E-state index < -0.39 is 0 Å². The first kappa shape index (κ1) is 14.4. The maximum absolute atomic E-state index is 5.39. The van der Waals surface area contributed by atoms with Gasteiger partial charge in [-0.25, -0.2) is 0 Å². The summed E-state index contributed by atoms with van der Waals surface area (Å²) in [6, 6.07) is 7.48. The lowest BCUT2D eigenvalue weighted by molar-refractivity contribution is 0.206. The molecule has 106 valence electrons. The fourth-order valence-corrected chi connectivity index (χ4v) is 3.00. The molecule has 2 atom stereocenters. The Morgan fingerprint density at radius 2 is 2.16 bits per heavy atom. The first-order valence-electron chi connectivity index (χ1n) is 7.24. The van der Waals surface area contributed by atoms with E-state index in [1.807, 2.05) is 0 Å². The minimum atomic E-state index is 0.411.